The van der Waals surface area contributed by atoms with Crippen molar-refractivity contribution in [3.8, 4) is 0 Å². The van der Waals surface area contributed by atoms with Gasteiger partial charge in [-0.15, -0.1) is 0 Å². The van der Waals surface area contributed by atoms with Gasteiger partial charge in [0.2, 0.25) is 11.8 Å². The van der Waals surface area contributed by atoms with Crippen LogP contribution in [-0.4, -0.2) is 41.5 Å². The molecule has 0 aromatic rings. The predicted octanol–water partition coefficient (Wildman–Crippen LogP) is 4.28. The van der Waals surface area contributed by atoms with Gasteiger partial charge in [-0.2, -0.15) is 3.89 Å². The molecule has 0 aromatic heterocycles. The van der Waals surface area contributed by atoms with E-state index in [-0.39, 0.29) is 11.8 Å². The number of allylic oxidation sites excluding steroid dienone is 1. The van der Waals surface area contributed by atoms with Gasteiger partial charge in [0, 0.05) is 32.0 Å². The summed E-state index contributed by atoms with van der Waals surface area (Å²) in [6.45, 7) is 1.93. The zero-order valence-electron chi connectivity index (χ0n) is 15.1. The molecule has 1 heterocycles. The number of carbonyl (C=O) groups is 2. The van der Waals surface area contributed by atoms with Crippen LogP contribution in [0.3, 0.4) is 0 Å². The molecule has 0 atom stereocenters. The van der Waals surface area contributed by atoms with Crippen molar-refractivity contribution in [2.75, 3.05) is 19.8 Å². The van der Waals surface area contributed by atoms with Crippen LogP contribution in [0, 0.1) is 5.41 Å². The second kappa shape index (κ2) is 8.37. The van der Waals surface area contributed by atoms with Crippen molar-refractivity contribution in [3.63, 3.8) is 0 Å². The molecule has 136 valence electrons. The van der Waals surface area contributed by atoms with Gasteiger partial charge in [0.25, 0.3) is 0 Å². The highest BCUT2D eigenvalue weighted by atomic mass is 32.2. The Labute approximate surface area is 149 Å². The Kier molecular flexibility index (Phi) is 6.72. The van der Waals surface area contributed by atoms with E-state index < -0.39 is 5.41 Å². The average molecular weight is 357 g/mol. The zero-order valence-corrected chi connectivity index (χ0v) is 15.9. The molecule has 2 fully saturated rings. The quantitative estimate of drug-likeness (QED) is 0.481. The van der Waals surface area contributed by atoms with Crippen molar-refractivity contribution >= 4 is 24.0 Å². The Balaban J connectivity index is 2.08. The second-order valence-electron chi connectivity index (χ2n) is 6.92. The van der Waals surface area contributed by atoms with E-state index in [1.54, 1.807) is 23.9 Å². The number of carbonyl (C=O) groups excluding carboxylic acids is 2. The molecule has 2 amide bonds. The lowest BCUT2D eigenvalue weighted by molar-refractivity contribution is -0.161. The van der Waals surface area contributed by atoms with E-state index in [0.29, 0.717) is 30.7 Å². The van der Waals surface area contributed by atoms with Crippen molar-refractivity contribution in [3.05, 3.63) is 11.4 Å². The van der Waals surface area contributed by atoms with Crippen LogP contribution in [0.4, 0.5) is 3.89 Å². The van der Waals surface area contributed by atoms with E-state index in [1.807, 2.05) is 6.92 Å². The molecule has 0 unspecified atom stereocenters. The minimum Gasteiger partial charge on any atom is -0.300 e. The van der Waals surface area contributed by atoms with Crippen LogP contribution in [0.25, 0.3) is 0 Å². The Hall–Kier alpha value is -1.04. The first-order valence-electron chi connectivity index (χ1n) is 9.01. The summed E-state index contributed by atoms with van der Waals surface area (Å²) in [5.41, 5.74) is 0.293. The molecule has 0 radical (unpaired) electrons. The van der Waals surface area contributed by atoms with Gasteiger partial charge < -0.3 is 9.80 Å². The summed E-state index contributed by atoms with van der Waals surface area (Å²) in [7, 11) is 3.60. The number of unbranched alkanes of at least 4 members (excludes halogenated alkanes) is 3. The highest BCUT2D eigenvalue weighted by molar-refractivity contribution is 7.94. The van der Waals surface area contributed by atoms with Gasteiger partial charge >= 0.3 is 0 Å². The topological polar surface area (TPSA) is 40.6 Å². The SMILES string of the molecule is CCC1(CCCCCCSF)C(=O)N(C)C(=C2CCC2)N(C)C1=O. The second-order valence-corrected chi connectivity index (χ2v) is 7.55. The fourth-order valence-corrected chi connectivity index (χ4v) is 4.15. The molecule has 1 saturated heterocycles. The van der Waals surface area contributed by atoms with Crippen LogP contribution in [-0.2, 0) is 9.59 Å². The van der Waals surface area contributed by atoms with Gasteiger partial charge in [-0.3, -0.25) is 9.59 Å². The van der Waals surface area contributed by atoms with Gasteiger partial charge in [0.1, 0.15) is 11.2 Å². The highest BCUT2D eigenvalue weighted by Crippen LogP contribution is 2.42. The lowest BCUT2D eigenvalue weighted by Crippen LogP contribution is -2.59. The van der Waals surface area contributed by atoms with Crippen LogP contribution >= 0.6 is 12.1 Å². The minimum absolute atomic E-state index is 0.0539. The molecule has 1 aliphatic carbocycles. The number of hydrogen-bond acceptors (Lipinski definition) is 3. The molecule has 1 aliphatic heterocycles. The monoisotopic (exact) mass is 356 g/mol. The number of rotatable bonds is 8. The molecule has 0 aromatic carbocycles. The zero-order chi connectivity index (χ0) is 17.7. The van der Waals surface area contributed by atoms with Crippen molar-refractivity contribution < 1.29 is 13.5 Å². The lowest BCUT2D eigenvalue weighted by atomic mass is 9.75. The number of nitrogens with zero attached hydrogens (tertiary/aromatic N) is 2. The minimum atomic E-state index is -0.924. The normalized spacial score (nSPS) is 24.7. The van der Waals surface area contributed by atoms with Crippen molar-refractivity contribution in [1.29, 1.82) is 0 Å². The molecular formula is C18H29FN2O2S. The third-order valence-corrected chi connectivity index (χ3v) is 5.96. The summed E-state index contributed by atoms with van der Waals surface area (Å²) in [6, 6.07) is 0. The summed E-state index contributed by atoms with van der Waals surface area (Å²) >= 11 is 0.377. The third kappa shape index (κ3) is 3.48. The maximum Gasteiger partial charge on any atom is 0.243 e. The molecule has 24 heavy (non-hydrogen) atoms. The molecule has 0 N–H and O–H groups in total. The molecular weight excluding hydrogens is 327 g/mol. The lowest BCUT2D eigenvalue weighted by Gasteiger charge is -2.46. The maximum absolute atomic E-state index is 13.0. The van der Waals surface area contributed by atoms with E-state index in [4.69, 9.17) is 0 Å². The Morgan fingerprint density at radius 3 is 2.08 bits per heavy atom. The third-order valence-electron chi connectivity index (χ3n) is 5.52. The molecule has 1 saturated carbocycles. The van der Waals surface area contributed by atoms with Crippen LogP contribution < -0.4 is 0 Å². The summed E-state index contributed by atoms with van der Waals surface area (Å²) in [5, 5.41) is 0. The predicted molar refractivity (Wildman–Crippen MR) is 95.8 cm³/mol. The van der Waals surface area contributed by atoms with Gasteiger partial charge in [0.15, 0.2) is 0 Å². The summed E-state index contributed by atoms with van der Waals surface area (Å²) in [6.07, 6.45) is 7.77. The number of halogens is 1. The van der Waals surface area contributed by atoms with Crippen LogP contribution in [0.1, 0.15) is 64.7 Å². The first-order valence-corrected chi connectivity index (χ1v) is 9.90. The molecule has 2 aliphatic rings. The Morgan fingerprint density at radius 2 is 1.62 bits per heavy atom. The largest absolute Gasteiger partial charge is 0.300 e. The van der Waals surface area contributed by atoms with E-state index in [1.165, 1.54) is 5.57 Å². The number of amides is 2. The van der Waals surface area contributed by atoms with Gasteiger partial charge in [-0.1, -0.05) is 26.2 Å². The van der Waals surface area contributed by atoms with Crippen molar-refractivity contribution in [2.24, 2.45) is 5.41 Å². The first-order chi connectivity index (χ1) is 11.5. The maximum atomic E-state index is 13.0. The molecule has 0 spiro atoms. The Bertz CT molecular complexity index is 491. The van der Waals surface area contributed by atoms with E-state index in [9.17, 15) is 13.5 Å². The van der Waals surface area contributed by atoms with Gasteiger partial charge in [-0.25, -0.2) is 0 Å². The van der Waals surface area contributed by atoms with Crippen LogP contribution in [0.15, 0.2) is 11.4 Å². The van der Waals surface area contributed by atoms with E-state index in [0.717, 1.165) is 50.8 Å². The van der Waals surface area contributed by atoms with Crippen molar-refractivity contribution in [2.45, 2.75) is 64.7 Å². The summed E-state index contributed by atoms with van der Waals surface area (Å²) in [5.74, 6) is 1.23. The fourth-order valence-electron chi connectivity index (χ4n) is 3.83. The Morgan fingerprint density at radius 1 is 1.04 bits per heavy atom. The molecule has 4 nitrogen and oxygen atoms in total. The molecule has 6 heteroatoms. The number of hydrogen-bond donors (Lipinski definition) is 0. The summed E-state index contributed by atoms with van der Waals surface area (Å²) in [4.78, 5) is 29.5. The standard InChI is InChI=1S/C18H29FN2O2S/c1-4-18(12-7-5-6-8-13-24-19)16(22)20(2)15(14-10-9-11-14)21(3)17(18)23/h4-13H2,1-3H3. The highest BCUT2D eigenvalue weighted by Gasteiger charge is 2.52. The van der Waals surface area contributed by atoms with Crippen molar-refractivity contribution in [1.82, 2.24) is 9.80 Å². The molecule has 2 rings (SSSR count). The smallest absolute Gasteiger partial charge is 0.243 e. The van der Waals surface area contributed by atoms with E-state index >= 15 is 0 Å². The average Bonchev–Trinajstić information content (AvgIpc) is 2.54. The summed E-state index contributed by atoms with van der Waals surface area (Å²) < 4.78 is 12.0. The van der Waals surface area contributed by atoms with E-state index in [2.05, 4.69) is 0 Å². The van der Waals surface area contributed by atoms with Gasteiger partial charge in [-0.05, 0) is 44.1 Å². The molecule has 0 bridgehead atoms. The fraction of sp³-hybridized carbons (Fsp3) is 0.778. The van der Waals surface area contributed by atoms with Crippen LogP contribution in [0.2, 0.25) is 0 Å². The van der Waals surface area contributed by atoms with Crippen LogP contribution in [0.5, 0.6) is 0 Å². The first kappa shape index (κ1) is 19.3. The van der Waals surface area contributed by atoms with Gasteiger partial charge in [0.05, 0.1) is 0 Å².